The number of fused-ring (bicyclic) bond motifs is 1. The minimum atomic E-state index is 0.0552. The minimum absolute atomic E-state index is 0.0552. The number of hydrogen-bond acceptors (Lipinski definition) is 5. The summed E-state index contributed by atoms with van der Waals surface area (Å²) < 4.78 is 1.38. The topological polar surface area (TPSA) is 44.4 Å². The van der Waals surface area contributed by atoms with E-state index in [-0.39, 0.29) is 12.3 Å². The molecule has 68 valence electrons. The van der Waals surface area contributed by atoms with Crippen molar-refractivity contribution in [3.63, 3.8) is 0 Å². The molecule has 0 saturated carbocycles. The van der Waals surface area contributed by atoms with Crippen molar-refractivity contribution in [3.05, 3.63) is 29.8 Å². The van der Waals surface area contributed by atoms with Gasteiger partial charge in [0.15, 0.2) is 5.78 Å². The van der Waals surface area contributed by atoms with Crippen LogP contribution in [0.5, 0.6) is 0 Å². The van der Waals surface area contributed by atoms with Crippen LogP contribution in [0, 0.1) is 0 Å². The second-order valence-electron chi connectivity index (χ2n) is 2.73. The first-order valence-electron chi connectivity index (χ1n) is 3.89. The summed E-state index contributed by atoms with van der Waals surface area (Å²) in [6, 6.07) is 7.33. The first-order valence-corrected chi connectivity index (χ1v) is 4.29. The maximum absolute atomic E-state index is 11.5. The maximum Gasteiger partial charge on any atom is 0.180 e. The largest absolute Gasteiger partial charge is 0.295 e. The van der Waals surface area contributed by atoms with E-state index in [1.165, 1.54) is 4.52 Å². The molecule has 1 aromatic rings. The number of carbonyl (C=O) groups excluding carboxylic acids is 1. The Kier molecular flexibility index (Phi) is 2.22. The lowest BCUT2D eigenvalue weighted by molar-refractivity contribution is 0.0984. The van der Waals surface area contributed by atoms with Crippen LogP contribution in [0.25, 0.3) is 0 Å². The molecule has 1 aliphatic heterocycles. The molecule has 2 rings (SSSR count). The summed E-state index contributed by atoms with van der Waals surface area (Å²) in [7, 11) is 0. The second kappa shape index (κ2) is 3.37. The van der Waals surface area contributed by atoms with Crippen molar-refractivity contribution in [1.82, 2.24) is 9.95 Å². The number of hydrazine groups is 2. The van der Waals surface area contributed by atoms with E-state index in [9.17, 15) is 4.79 Å². The number of carbonyl (C=O) groups is 1. The van der Waals surface area contributed by atoms with Gasteiger partial charge in [-0.1, -0.05) is 24.9 Å². The zero-order valence-electron chi connectivity index (χ0n) is 6.82. The maximum atomic E-state index is 11.5. The number of ketones is 1. The predicted molar refractivity (Wildman–Crippen MR) is 53.2 cm³/mol. The normalized spacial score (nSPS) is 17.5. The lowest BCUT2D eigenvalue weighted by atomic mass is 10.1. The number of thiol groups is 1. The highest BCUT2D eigenvalue weighted by Gasteiger charge is 2.16. The van der Waals surface area contributed by atoms with E-state index in [2.05, 4.69) is 23.7 Å². The zero-order chi connectivity index (χ0) is 9.26. The molecule has 5 heteroatoms. The van der Waals surface area contributed by atoms with E-state index >= 15 is 0 Å². The average Bonchev–Trinajstić information content (AvgIpc) is 2.27. The number of rotatable bonds is 0. The van der Waals surface area contributed by atoms with Gasteiger partial charge >= 0.3 is 0 Å². The van der Waals surface area contributed by atoms with Crippen LogP contribution in [-0.2, 0) is 0 Å². The number of nitrogens with zero attached hydrogens (tertiary/aromatic N) is 1. The highest BCUT2D eigenvalue weighted by Crippen LogP contribution is 2.18. The average molecular weight is 195 g/mol. The molecule has 0 unspecified atom stereocenters. The molecule has 13 heavy (non-hydrogen) atoms. The number of Topliss-reactive ketones (excluding diaryl/α,β-unsaturated/α-hetero) is 1. The summed E-state index contributed by atoms with van der Waals surface area (Å²) in [4.78, 5) is 11.5. The van der Waals surface area contributed by atoms with Crippen molar-refractivity contribution < 1.29 is 4.79 Å². The monoisotopic (exact) mass is 195 g/mol. The minimum Gasteiger partial charge on any atom is -0.295 e. The van der Waals surface area contributed by atoms with Gasteiger partial charge in [0.25, 0.3) is 0 Å². The van der Waals surface area contributed by atoms with Crippen LogP contribution in [-0.4, -0.2) is 16.9 Å². The third kappa shape index (κ3) is 1.67. The van der Waals surface area contributed by atoms with Gasteiger partial charge in [0.1, 0.15) is 0 Å². The van der Waals surface area contributed by atoms with E-state index in [0.29, 0.717) is 5.56 Å². The fraction of sp³-hybridized carbons (Fsp3) is 0.125. The van der Waals surface area contributed by atoms with Gasteiger partial charge in [0.2, 0.25) is 0 Å². The molecular formula is C8H9N3OS. The summed E-state index contributed by atoms with van der Waals surface area (Å²) in [5, 5.41) is 0. The molecule has 0 amide bonds. The molecule has 1 heterocycles. The summed E-state index contributed by atoms with van der Waals surface area (Å²) in [6.07, 6.45) is 0. The van der Waals surface area contributed by atoms with Crippen molar-refractivity contribution in [1.29, 1.82) is 0 Å². The Morgan fingerprint density at radius 3 is 3.00 bits per heavy atom. The summed E-state index contributed by atoms with van der Waals surface area (Å²) in [5.41, 5.74) is 7.15. The van der Waals surface area contributed by atoms with Crippen LogP contribution >= 0.6 is 12.8 Å². The molecule has 0 fully saturated rings. The Morgan fingerprint density at radius 2 is 2.15 bits per heavy atom. The van der Waals surface area contributed by atoms with E-state index in [4.69, 9.17) is 0 Å². The Labute approximate surface area is 81.4 Å². The van der Waals surface area contributed by atoms with Gasteiger partial charge in [0.05, 0.1) is 12.2 Å². The summed E-state index contributed by atoms with van der Waals surface area (Å²) in [5.74, 6) is 0.0552. The molecule has 4 nitrogen and oxygen atoms in total. The van der Waals surface area contributed by atoms with E-state index in [1.807, 2.05) is 18.2 Å². The van der Waals surface area contributed by atoms with Gasteiger partial charge in [-0.2, -0.15) is 0 Å². The van der Waals surface area contributed by atoms with Gasteiger partial charge in [-0.25, -0.2) is 5.43 Å². The Bertz CT molecular complexity index is 342. The van der Waals surface area contributed by atoms with Crippen LogP contribution in [0.2, 0.25) is 0 Å². The van der Waals surface area contributed by atoms with Crippen molar-refractivity contribution >= 4 is 24.3 Å². The van der Waals surface area contributed by atoms with Gasteiger partial charge in [-0.3, -0.25) is 10.2 Å². The predicted octanol–water partition coefficient (Wildman–Crippen LogP) is 0.861. The van der Waals surface area contributed by atoms with Crippen LogP contribution < -0.4 is 10.9 Å². The van der Waals surface area contributed by atoms with Crippen molar-refractivity contribution in [2.75, 3.05) is 12.0 Å². The first-order chi connectivity index (χ1) is 6.27. The third-order valence-electron chi connectivity index (χ3n) is 1.84. The molecule has 1 aliphatic rings. The standard InChI is InChI=1S/C8H9N3OS/c12-8-5-9-11(13)10-7-4-2-1-3-6(7)8/h1-4,9-10,13H,5H2. The van der Waals surface area contributed by atoms with Crippen LogP contribution in [0.3, 0.4) is 0 Å². The molecule has 0 bridgehead atoms. The molecule has 0 atom stereocenters. The molecule has 1 aromatic carbocycles. The smallest absolute Gasteiger partial charge is 0.180 e. The molecule has 2 N–H and O–H groups in total. The first kappa shape index (κ1) is 8.55. The number of nitrogens with one attached hydrogen (secondary N) is 2. The van der Waals surface area contributed by atoms with Gasteiger partial charge in [-0.15, -0.1) is 4.52 Å². The van der Waals surface area contributed by atoms with Crippen LogP contribution in [0.15, 0.2) is 24.3 Å². The lowest BCUT2D eigenvalue weighted by Crippen LogP contribution is -2.35. The zero-order valence-corrected chi connectivity index (χ0v) is 7.71. The fourth-order valence-electron chi connectivity index (χ4n) is 1.22. The van der Waals surface area contributed by atoms with Gasteiger partial charge in [0, 0.05) is 5.56 Å². The van der Waals surface area contributed by atoms with E-state index in [1.54, 1.807) is 6.07 Å². The number of para-hydroxylation sites is 1. The fourth-order valence-corrected chi connectivity index (χ4v) is 1.40. The summed E-state index contributed by atoms with van der Waals surface area (Å²) >= 11 is 4.05. The molecule has 0 aliphatic carbocycles. The molecular weight excluding hydrogens is 186 g/mol. The highest BCUT2D eigenvalue weighted by atomic mass is 32.1. The second-order valence-corrected chi connectivity index (χ2v) is 3.13. The van der Waals surface area contributed by atoms with Gasteiger partial charge < -0.3 is 0 Å². The lowest BCUT2D eigenvalue weighted by Gasteiger charge is -2.14. The van der Waals surface area contributed by atoms with E-state index < -0.39 is 0 Å². The van der Waals surface area contributed by atoms with Crippen molar-refractivity contribution in [2.24, 2.45) is 0 Å². The summed E-state index contributed by atoms with van der Waals surface area (Å²) in [6.45, 7) is 0.257. The Hall–Kier alpha value is -1.04. The number of hydrogen-bond donors (Lipinski definition) is 3. The molecule has 0 radical (unpaired) electrons. The Balaban J connectivity index is 2.43. The SMILES string of the molecule is O=C1CNN(S)Nc2ccccc21. The van der Waals surface area contributed by atoms with Crippen molar-refractivity contribution in [2.45, 2.75) is 0 Å². The van der Waals surface area contributed by atoms with Crippen molar-refractivity contribution in [3.8, 4) is 0 Å². The van der Waals surface area contributed by atoms with Crippen LogP contribution in [0.1, 0.15) is 10.4 Å². The van der Waals surface area contributed by atoms with Gasteiger partial charge in [-0.05, 0) is 12.1 Å². The van der Waals surface area contributed by atoms with Crippen LogP contribution in [0.4, 0.5) is 5.69 Å². The molecule has 0 saturated heterocycles. The Morgan fingerprint density at radius 1 is 1.38 bits per heavy atom. The quantitative estimate of drug-likeness (QED) is 0.537. The highest BCUT2D eigenvalue weighted by molar-refractivity contribution is 7.77. The van der Waals surface area contributed by atoms with E-state index in [0.717, 1.165) is 5.69 Å². The molecule has 0 aromatic heterocycles. The number of anilines is 1. The third-order valence-corrected chi connectivity index (χ3v) is 2.08. The molecule has 0 spiro atoms. The number of benzene rings is 1.